The van der Waals surface area contributed by atoms with Crippen LogP contribution < -0.4 is 15.0 Å². The van der Waals surface area contributed by atoms with Crippen LogP contribution in [0.1, 0.15) is 11.3 Å². The lowest BCUT2D eigenvalue weighted by Gasteiger charge is -2.19. The lowest BCUT2D eigenvalue weighted by Crippen LogP contribution is -2.22. The molecule has 8 nitrogen and oxygen atoms in total. The van der Waals surface area contributed by atoms with Crippen molar-refractivity contribution in [1.82, 2.24) is 24.4 Å². The first-order valence-electron chi connectivity index (χ1n) is 10.5. The zero-order valence-electron chi connectivity index (χ0n) is 17.7. The number of pyridine rings is 1. The first-order chi connectivity index (χ1) is 16.1. The minimum absolute atomic E-state index is 0.238. The number of aryl methyl sites for hydroxylation is 1. The monoisotopic (exact) mass is 459 g/mol. The summed E-state index contributed by atoms with van der Waals surface area (Å²) >= 11 is 6.04. The Labute approximate surface area is 193 Å². The summed E-state index contributed by atoms with van der Waals surface area (Å²) in [7, 11) is 0. The summed E-state index contributed by atoms with van der Waals surface area (Å²) in [5.41, 5.74) is 4.73. The van der Waals surface area contributed by atoms with Gasteiger partial charge in [0.2, 0.25) is 0 Å². The fourth-order valence-electron chi connectivity index (χ4n) is 4.15. The van der Waals surface area contributed by atoms with Gasteiger partial charge in [-0.2, -0.15) is 5.10 Å². The maximum Gasteiger partial charge on any atom is 0.280 e. The predicted molar refractivity (Wildman–Crippen MR) is 124 cm³/mol. The van der Waals surface area contributed by atoms with Gasteiger partial charge in [0.05, 0.1) is 17.8 Å². The minimum atomic E-state index is -0.238. The summed E-state index contributed by atoms with van der Waals surface area (Å²) in [6, 6.07) is 15.0. The summed E-state index contributed by atoms with van der Waals surface area (Å²) in [6.45, 7) is 3.34. The van der Waals surface area contributed by atoms with Crippen molar-refractivity contribution in [3.8, 4) is 22.6 Å². The second-order valence-corrected chi connectivity index (χ2v) is 8.30. The lowest BCUT2D eigenvalue weighted by molar-refractivity contribution is 0.171. The fourth-order valence-corrected chi connectivity index (χ4v) is 4.28. The van der Waals surface area contributed by atoms with E-state index in [0.29, 0.717) is 41.7 Å². The third-order valence-electron chi connectivity index (χ3n) is 5.72. The van der Waals surface area contributed by atoms with Crippen molar-refractivity contribution in [2.24, 2.45) is 0 Å². The topological polar surface area (TPSA) is 83.5 Å². The van der Waals surface area contributed by atoms with E-state index in [4.69, 9.17) is 21.1 Å². The molecule has 9 heteroatoms. The molecule has 5 aromatic rings. The van der Waals surface area contributed by atoms with Crippen molar-refractivity contribution in [3.63, 3.8) is 0 Å². The number of fused-ring (bicyclic) bond motifs is 4. The Bertz CT molecular complexity index is 1590. The number of rotatable bonds is 3. The Hall–Kier alpha value is -3.91. The highest BCUT2D eigenvalue weighted by Gasteiger charge is 2.18. The zero-order chi connectivity index (χ0) is 22.5. The van der Waals surface area contributed by atoms with Gasteiger partial charge in [0.1, 0.15) is 18.7 Å². The van der Waals surface area contributed by atoms with Crippen LogP contribution in [0, 0.1) is 6.92 Å². The van der Waals surface area contributed by atoms with Crippen molar-refractivity contribution in [1.29, 1.82) is 0 Å². The molecule has 1 aliphatic heterocycles. The summed E-state index contributed by atoms with van der Waals surface area (Å²) in [6.07, 6.45) is 1.75. The average Bonchev–Trinajstić information content (AvgIpc) is 3.17. The van der Waals surface area contributed by atoms with E-state index < -0.39 is 0 Å². The molecule has 0 unspecified atom stereocenters. The third kappa shape index (κ3) is 3.30. The van der Waals surface area contributed by atoms with E-state index in [0.717, 1.165) is 28.1 Å². The van der Waals surface area contributed by atoms with Gasteiger partial charge in [-0.05, 0) is 48.4 Å². The van der Waals surface area contributed by atoms with Crippen LogP contribution in [0.15, 0.2) is 59.5 Å². The number of hydrogen-bond donors (Lipinski definition) is 0. The zero-order valence-corrected chi connectivity index (χ0v) is 18.4. The molecule has 0 bridgehead atoms. The average molecular weight is 460 g/mol. The van der Waals surface area contributed by atoms with Crippen molar-refractivity contribution in [3.05, 3.63) is 81.4 Å². The first kappa shape index (κ1) is 19.8. The molecule has 6 rings (SSSR count). The molecule has 0 N–H and O–H groups in total. The second kappa shape index (κ2) is 7.60. The number of hydrogen-bond acceptors (Lipinski definition) is 6. The SMILES string of the molecule is Cc1nn2c(nnc3c(=O)n(Cc4ccc5c(c4)OCCO5)ccc32)c1-c1ccc(Cl)cc1. The van der Waals surface area contributed by atoms with Crippen LogP contribution in [0.2, 0.25) is 5.02 Å². The second-order valence-electron chi connectivity index (χ2n) is 7.86. The molecule has 1 aliphatic rings. The third-order valence-corrected chi connectivity index (χ3v) is 5.97. The predicted octanol–water partition coefficient (Wildman–Crippen LogP) is 3.89. The Morgan fingerprint density at radius 3 is 2.61 bits per heavy atom. The van der Waals surface area contributed by atoms with Gasteiger partial charge in [-0.25, -0.2) is 4.52 Å². The Morgan fingerprint density at radius 1 is 1.00 bits per heavy atom. The van der Waals surface area contributed by atoms with E-state index in [1.54, 1.807) is 15.3 Å². The fraction of sp³-hybridized carbons (Fsp3) is 0.167. The molecule has 0 amide bonds. The number of aromatic nitrogens is 5. The maximum atomic E-state index is 13.2. The molecule has 0 saturated carbocycles. The molecule has 0 saturated heterocycles. The van der Waals surface area contributed by atoms with Crippen LogP contribution in [0.5, 0.6) is 11.5 Å². The molecule has 0 radical (unpaired) electrons. The van der Waals surface area contributed by atoms with Crippen molar-refractivity contribution >= 4 is 28.3 Å². The molecule has 3 aromatic heterocycles. The summed E-state index contributed by atoms with van der Waals surface area (Å²) in [5, 5.41) is 13.9. The van der Waals surface area contributed by atoms with E-state index in [-0.39, 0.29) is 11.1 Å². The van der Waals surface area contributed by atoms with Gasteiger partial charge in [0.15, 0.2) is 22.7 Å². The number of halogens is 1. The number of nitrogens with zero attached hydrogens (tertiary/aromatic N) is 5. The van der Waals surface area contributed by atoms with Crippen LogP contribution in [0.4, 0.5) is 0 Å². The molecule has 0 spiro atoms. The maximum absolute atomic E-state index is 13.2. The van der Waals surface area contributed by atoms with Crippen LogP contribution in [-0.2, 0) is 6.54 Å². The minimum Gasteiger partial charge on any atom is -0.486 e. The van der Waals surface area contributed by atoms with E-state index in [1.165, 1.54) is 0 Å². The number of benzene rings is 2. The quantitative estimate of drug-likeness (QED) is 0.407. The van der Waals surface area contributed by atoms with Gasteiger partial charge >= 0.3 is 0 Å². The highest BCUT2D eigenvalue weighted by Crippen LogP contribution is 2.31. The van der Waals surface area contributed by atoms with Gasteiger partial charge in [-0.15, -0.1) is 10.2 Å². The summed E-state index contributed by atoms with van der Waals surface area (Å²) < 4.78 is 14.5. The van der Waals surface area contributed by atoms with Gasteiger partial charge in [0.25, 0.3) is 5.56 Å². The summed E-state index contributed by atoms with van der Waals surface area (Å²) in [4.78, 5) is 13.2. The van der Waals surface area contributed by atoms with Crippen LogP contribution in [0.3, 0.4) is 0 Å². The van der Waals surface area contributed by atoms with Gasteiger partial charge in [-0.1, -0.05) is 29.8 Å². The standard InChI is InChI=1S/C24H18ClN5O3/c1-14-21(16-3-5-17(25)6-4-16)23-27-26-22-18(30(23)28-14)8-9-29(24(22)31)13-15-2-7-19-20(12-15)33-11-10-32-19/h2-9,12H,10-11,13H2,1H3. The highest BCUT2D eigenvalue weighted by atomic mass is 35.5. The molecule has 0 fully saturated rings. The largest absolute Gasteiger partial charge is 0.486 e. The molecule has 0 atom stereocenters. The summed E-state index contributed by atoms with van der Waals surface area (Å²) in [5.74, 6) is 1.41. The molecule has 0 aliphatic carbocycles. The molecular weight excluding hydrogens is 442 g/mol. The Morgan fingerprint density at radius 2 is 1.79 bits per heavy atom. The van der Waals surface area contributed by atoms with Gasteiger partial charge < -0.3 is 14.0 Å². The molecule has 164 valence electrons. The smallest absolute Gasteiger partial charge is 0.280 e. The van der Waals surface area contributed by atoms with Crippen LogP contribution >= 0.6 is 11.6 Å². The highest BCUT2D eigenvalue weighted by molar-refractivity contribution is 6.30. The van der Waals surface area contributed by atoms with Crippen LogP contribution in [-0.4, -0.2) is 37.6 Å². The first-order valence-corrected chi connectivity index (χ1v) is 10.9. The van der Waals surface area contributed by atoms with E-state index >= 15 is 0 Å². The van der Waals surface area contributed by atoms with Crippen molar-refractivity contribution in [2.75, 3.05) is 13.2 Å². The van der Waals surface area contributed by atoms with E-state index in [9.17, 15) is 4.79 Å². The molecule has 2 aromatic carbocycles. The number of ether oxygens (including phenoxy) is 2. The van der Waals surface area contributed by atoms with E-state index in [1.807, 2.05) is 55.5 Å². The van der Waals surface area contributed by atoms with Crippen LogP contribution in [0.25, 0.3) is 27.8 Å². The molecular formula is C24H18ClN5O3. The Kier molecular flexibility index (Phi) is 4.55. The molecule has 33 heavy (non-hydrogen) atoms. The Balaban J connectivity index is 1.43. The van der Waals surface area contributed by atoms with Gasteiger partial charge in [0, 0.05) is 11.2 Å². The normalized spacial score (nSPS) is 13.0. The van der Waals surface area contributed by atoms with E-state index in [2.05, 4.69) is 15.3 Å². The van der Waals surface area contributed by atoms with Crippen molar-refractivity contribution in [2.45, 2.75) is 13.5 Å². The molecule has 4 heterocycles. The van der Waals surface area contributed by atoms with Crippen molar-refractivity contribution < 1.29 is 9.47 Å². The lowest BCUT2D eigenvalue weighted by atomic mass is 10.1. The van der Waals surface area contributed by atoms with Gasteiger partial charge in [-0.3, -0.25) is 4.79 Å².